The molecule has 3 heterocycles. The average molecular weight is 330 g/mol. The van der Waals surface area contributed by atoms with Gasteiger partial charge in [-0.1, -0.05) is 15.9 Å². The number of nitrogens with two attached hydrogens (primary N) is 1. The van der Waals surface area contributed by atoms with Crippen molar-refractivity contribution in [2.45, 2.75) is 0 Å². The quantitative estimate of drug-likeness (QED) is 0.520. The summed E-state index contributed by atoms with van der Waals surface area (Å²) in [5.41, 5.74) is 9.41. The molecule has 0 unspecified atom stereocenters. The van der Waals surface area contributed by atoms with Crippen molar-refractivity contribution in [1.29, 1.82) is 0 Å². The average Bonchev–Trinajstić information content (AvgIpc) is 3.06. The van der Waals surface area contributed by atoms with Crippen LogP contribution in [0.15, 0.2) is 35.3 Å². The highest BCUT2D eigenvalue weighted by Gasteiger charge is 2.14. The summed E-state index contributed by atoms with van der Waals surface area (Å²) in [5.74, 6) is 0.670. The zero-order valence-electron chi connectivity index (χ0n) is 10.1. The minimum Gasteiger partial charge on any atom is -0.399 e. The third-order valence-electron chi connectivity index (χ3n) is 3.07. The van der Waals surface area contributed by atoms with E-state index in [1.165, 1.54) is 0 Å². The van der Waals surface area contributed by atoms with E-state index in [2.05, 4.69) is 41.1 Å². The second-order valence-corrected chi connectivity index (χ2v) is 5.16. The largest absolute Gasteiger partial charge is 0.399 e. The minimum atomic E-state index is 0.614. The molecule has 98 valence electrons. The number of H-pyrrole nitrogens is 1. The summed E-state index contributed by atoms with van der Waals surface area (Å²) in [6.45, 7) is 0. The second kappa shape index (κ2) is 4.01. The molecule has 0 aliphatic heterocycles. The van der Waals surface area contributed by atoms with Gasteiger partial charge in [0, 0.05) is 15.7 Å². The maximum Gasteiger partial charge on any atom is 0.190 e. The first-order valence-electron chi connectivity index (χ1n) is 5.82. The molecule has 0 bridgehead atoms. The molecule has 0 radical (unpaired) electrons. The Balaban J connectivity index is 2.07. The molecule has 0 fully saturated rings. The van der Waals surface area contributed by atoms with E-state index >= 15 is 0 Å². The van der Waals surface area contributed by atoms with E-state index in [9.17, 15) is 0 Å². The lowest BCUT2D eigenvalue weighted by Gasteiger charge is -2.04. The lowest BCUT2D eigenvalue weighted by atomic mass is 10.2. The van der Waals surface area contributed by atoms with Gasteiger partial charge in [-0.2, -0.15) is 0 Å². The van der Waals surface area contributed by atoms with Crippen LogP contribution in [-0.2, 0) is 0 Å². The van der Waals surface area contributed by atoms with Crippen LogP contribution in [0, 0.1) is 0 Å². The molecule has 7 nitrogen and oxygen atoms in total. The number of anilines is 1. The number of imidazole rings is 1. The maximum absolute atomic E-state index is 5.84. The number of aromatic nitrogens is 6. The third-order valence-corrected chi connectivity index (χ3v) is 3.76. The Morgan fingerprint density at radius 3 is 3.00 bits per heavy atom. The summed E-state index contributed by atoms with van der Waals surface area (Å²) in [7, 11) is 0. The first-order chi connectivity index (χ1) is 9.74. The highest BCUT2D eigenvalue weighted by Crippen LogP contribution is 2.29. The van der Waals surface area contributed by atoms with Crippen LogP contribution < -0.4 is 5.73 Å². The summed E-state index contributed by atoms with van der Waals surface area (Å²) in [4.78, 5) is 11.4. The summed E-state index contributed by atoms with van der Waals surface area (Å²) in [6.07, 6.45) is 3.24. The number of fused-ring (bicyclic) bond motifs is 3. The smallest absolute Gasteiger partial charge is 0.190 e. The van der Waals surface area contributed by atoms with Crippen LogP contribution in [0.4, 0.5) is 5.69 Å². The SMILES string of the molecule is Nc1ccc(Br)c(-c2nnc3c4[nH]cnc4ncn23)c1. The molecule has 0 aliphatic rings. The number of aromatic amines is 1. The number of benzene rings is 1. The van der Waals surface area contributed by atoms with E-state index in [4.69, 9.17) is 5.73 Å². The standard InChI is InChI=1S/C12H8BrN7/c13-8-2-1-6(14)3-7(8)11-18-19-12-9-10(16-4-15-9)17-5-20(11)12/h1-5H,14H2,(H,15,16). The van der Waals surface area contributed by atoms with Gasteiger partial charge in [0.15, 0.2) is 17.1 Å². The molecule has 3 N–H and O–H groups in total. The normalized spacial score (nSPS) is 11.4. The fourth-order valence-corrected chi connectivity index (χ4v) is 2.55. The predicted octanol–water partition coefficient (Wildman–Crippen LogP) is 2.01. The lowest BCUT2D eigenvalue weighted by Crippen LogP contribution is -1.94. The topological polar surface area (TPSA) is 97.8 Å². The van der Waals surface area contributed by atoms with Gasteiger partial charge in [0.25, 0.3) is 0 Å². The Labute approximate surface area is 121 Å². The van der Waals surface area contributed by atoms with Gasteiger partial charge < -0.3 is 10.7 Å². The molecule has 8 heteroatoms. The van der Waals surface area contributed by atoms with Gasteiger partial charge in [-0.15, -0.1) is 10.2 Å². The van der Waals surface area contributed by atoms with Crippen LogP contribution in [-0.4, -0.2) is 29.5 Å². The maximum atomic E-state index is 5.84. The molecule has 4 rings (SSSR count). The van der Waals surface area contributed by atoms with Gasteiger partial charge in [0.1, 0.15) is 11.8 Å². The highest BCUT2D eigenvalue weighted by atomic mass is 79.9. The van der Waals surface area contributed by atoms with Crippen LogP contribution in [0.1, 0.15) is 0 Å². The van der Waals surface area contributed by atoms with E-state index in [1.807, 2.05) is 18.2 Å². The summed E-state index contributed by atoms with van der Waals surface area (Å²) < 4.78 is 2.70. The van der Waals surface area contributed by atoms with Gasteiger partial charge >= 0.3 is 0 Å². The second-order valence-electron chi connectivity index (χ2n) is 4.30. The molecule has 20 heavy (non-hydrogen) atoms. The molecule has 0 amide bonds. The Kier molecular flexibility index (Phi) is 2.27. The summed E-state index contributed by atoms with van der Waals surface area (Å²) in [6, 6.07) is 5.55. The highest BCUT2D eigenvalue weighted by molar-refractivity contribution is 9.10. The van der Waals surface area contributed by atoms with Crippen molar-refractivity contribution >= 4 is 38.4 Å². The molecule has 3 aromatic heterocycles. The molecule has 0 spiro atoms. The van der Waals surface area contributed by atoms with Crippen LogP contribution in [0.5, 0.6) is 0 Å². The molecule has 0 saturated heterocycles. The van der Waals surface area contributed by atoms with E-state index in [0.717, 1.165) is 15.6 Å². The van der Waals surface area contributed by atoms with Crippen molar-refractivity contribution < 1.29 is 0 Å². The van der Waals surface area contributed by atoms with Crippen molar-refractivity contribution in [2.24, 2.45) is 0 Å². The molecule has 1 aromatic carbocycles. The molecule has 0 atom stereocenters. The van der Waals surface area contributed by atoms with Crippen LogP contribution in [0.3, 0.4) is 0 Å². The Hall–Kier alpha value is -2.48. The van der Waals surface area contributed by atoms with E-state index in [0.29, 0.717) is 22.8 Å². The minimum absolute atomic E-state index is 0.614. The number of nitrogens with zero attached hydrogens (tertiary/aromatic N) is 5. The van der Waals surface area contributed by atoms with Crippen LogP contribution >= 0.6 is 15.9 Å². The van der Waals surface area contributed by atoms with E-state index in [-0.39, 0.29) is 0 Å². The van der Waals surface area contributed by atoms with Crippen molar-refractivity contribution in [2.75, 3.05) is 5.73 Å². The third kappa shape index (κ3) is 1.51. The number of rotatable bonds is 1. The molecule has 4 aromatic rings. The Bertz CT molecular complexity index is 939. The molecular formula is C12H8BrN7. The van der Waals surface area contributed by atoms with Gasteiger partial charge in [-0.25, -0.2) is 9.97 Å². The van der Waals surface area contributed by atoms with Crippen molar-refractivity contribution in [3.8, 4) is 11.4 Å². The zero-order chi connectivity index (χ0) is 13.7. The van der Waals surface area contributed by atoms with Crippen molar-refractivity contribution in [3.05, 3.63) is 35.3 Å². The van der Waals surface area contributed by atoms with Gasteiger partial charge in [-0.3, -0.25) is 4.40 Å². The van der Waals surface area contributed by atoms with E-state index < -0.39 is 0 Å². The van der Waals surface area contributed by atoms with Crippen molar-refractivity contribution in [1.82, 2.24) is 29.5 Å². The predicted molar refractivity (Wildman–Crippen MR) is 78.0 cm³/mol. The summed E-state index contributed by atoms with van der Waals surface area (Å²) >= 11 is 3.50. The first-order valence-corrected chi connectivity index (χ1v) is 6.61. The number of hydrogen-bond acceptors (Lipinski definition) is 5. The fraction of sp³-hybridized carbons (Fsp3) is 0. The van der Waals surface area contributed by atoms with Gasteiger partial charge in [-0.05, 0) is 18.2 Å². The van der Waals surface area contributed by atoms with E-state index in [1.54, 1.807) is 17.1 Å². The monoisotopic (exact) mass is 329 g/mol. The van der Waals surface area contributed by atoms with Gasteiger partial charge in [0.05, 0.1) is 6.33 Å². The number of hydrogen-bond donors (Lipinski definition) is 2. The van der Waals surface area contributed by atoms with Crippen molar-refractivity contribution in [3.63, 3.8) is 0 Å². The molecule has 0 saturated carbocycles. The molecule has 0 aliphatic carbocycles. The first kappa shape index (κ1) is 11.4. The Morgan fingerprint density at radius 2 is 2.10 bits per heavy atom. The number of nitrogens with one attached hydrogen (secondary N) is 1. The fourth-order valence-electron chi connectivity index (χ4n) is 2.13. The number of nitrogen functional groups attached to an aromatic ring is 1. The summed E-state index contributed by atoms with van der Waals surface area (Å²) in [5, 5.41) is 8.44. The Morgan fingerprint density at radius 1 is 1.20 bits per heavy atom. The molecular weight excluding hydrogens is 322 g/mol. The number of halogens is 1. The van der Waals surface area contributed by atoms with Crippen LogP contribution in [0.25, 0.3) is 28.2 Å². The van der Waals surface area contributed by atoms with Gasteiger partial charge in [0.2, 0.25) is 0 Å². The zero-order valence-corrected chi connectivity index (χ0v) is 11.7. The lowest BCUT2D eigenvalue weighted by molar-refractivity contribution is 1.09. The van der Waals surface area contributed by atoms with Crippen LogP contribution in [0.2, 0.25) is 0 Å².